The van der Waals surface area contributed by atoms with E-state index in [1.54, 1.807) is 0 Å². The van der Waals surface area contributed by atoms with Crippen LogP contribution in [0.5, 0.6) is 0 Å². The van der Waals surface area contributed by atoms with E-state index in [9.17, 15) is 18.7 Å². The highest BCUT2D eigenvalue weighted by Crippen LogP contribution is 2.38. The molecule has 0 unspecified atom stereocenters. The molecule has 1 aliphatic rings. The molecular formula is C21H15ClF3N5O3. The number of carbonyl (C=O) groups is 1. The minimum atomic E-state index is -1.11. The molecule has 1 aliphatic heterocycles. The first-order valence-corrected chi connectivity index (χ1v) is 10.1. The lowest BCUT2D eigenvalue weighted by Crippen LogP contribution is -2.56. The number of nitrogens with zero attached hydrogens (tertiary/aromatic N) is 3. The van der Waals surface area contributed by atoms with Gasteiger partial charge in [0.1, 0.15) is 33.7 Å². The topological polar surface area (TPSA) is 105 Å². The smallest absolute Gasteiger partial charge is 0.251 e. The Bertz CT molecular complexity index is 1400. The van der Waals surface area contributed by atoms with Crippen LogP contribution in [0.15, 0.2) is 36.7 Å². The number of imidazole rings is 1. The van der Waals surface area contributed by atoms with Crippen molar-refractivity contribution in [2.24, 2.45) is 0 Å². The summed E-state index contributed by atoms with van der Waals surface area (Å²) in [5.74, 6) is -3.35. The molecule has 0 aliphatic carbocycles. The lowest BCUT2D eigenvalue weighted by Gasteiger charge is -2.36. The summed E-state index contributed by atoms with van der Waals surface area (Å²) < 4.78 is 50.0. The number of aliphatic hydroxyl groups is 1. The molecule has 4 heterocycles. The van der Waals surface area contributed by atoms with Gasteiger partial charge in [-0.1, -0.05) is 11.6 Å². The SMILES string of the molecule is O=C(NCC1(O)COC1)c1ccn2c(F)c(-c3c(F)cc(F)cc3-c3cn[nH]c3Cl)nc2c1. The van der Waals surface area contributed by atoms with E-state index in [0.717, 1.165) is 10.5 Å². The maximum atomic E-state index is 15.2. The van der Waals surface area contributed by atoms with Crippen LogP contribution in [0.3, 0.4) is 0 Å². The van der Waals surface area contributed by atoms with Gasteiger partial charge in [0.25, 0.3) is 5.91 Å². The number of aromatic amines is 1. The van der Waals surface area contributed by atoms with Gasteiger partial charge < -0.3 is 15.2 Å². The molecule has 0 atom stereocenters. The van der Waals surface area contributed by atoms with E-state index in [-0.39, 0.29) is 52.8 Å². The van der Waals surface area contributed by atoms with Crippen molar-refractivity contribution >= 4 is 23.2 Å². The van der Waals surface area contributed by atoms with Crippen molar-refractivity contribution in [2.45, 2.75) is 5.60 Å². The molecule has 1 amide bonds. The first kappa shape index (κ1) is 21.4. The lowest BCUT2D eigenvalue weighted by molar-refractivity contribution is -0.173. The van der Waals surface area contributed by atoms with Crippen molar-refractivity contribution in [1.29, 1.82) is 0 Å². The number of hydrogen-bond acceptors (Lipinski definition) is 5. The Kier molecular flexibility index (Phi) is 5.11. The van der Waals surface area contributed by atoms with Gasteiger partial charge >= 0.3 is 0 Å². The molecule has 0 radical (unpaired) electrons. The summed E-state index contributed by atoms with van der Waals surface area (Å²) in [6.07, 6.45) is 2.53. The highest BCUT2D eigenvalue weighted by molar-refractivity contribution is 6.32. The van der Waals surface area contributed by atoms with Gasteiger partial charge in [0.15, 0.2) is 0 Å². The Balaban J connectivity index is 1.56. The third-order valence-corrected chi connectivity index (χ3v) is 5.61. The number of hydrogen-bond donors (Lipinski definition) is 3. The Morgan fingerprint density at radius 3 is 2.73 bits per heavy atom. The van der Waals surface area contributed by atoms with Crippen molar-refractivity contribution in [3.63, 3.8) is 0 Å². The van der Waals surface area contributed by atoms with Gasteiger partial charge in [0, 0.05) is 34.5 Å². The molecule has 1 aromatic carbocycles. The Morgan fingerprint density at radius 1 is 1.27 bits per heavy atom. The molecule has 4 aromatic rings. The third kappa shape index (κ3) is 3.73. The Morgan fingerprint density at radius 2 is 2.06 bits per heavy atom. The minimum Gasteiger partial charge on any atom is -0.383 e. The van der Waals surface area contributed by atoms with Crippen molar-refractivity contribution in [3.05, 3.63) is 65.0 Å². The second kappa shape index (κ2) is 7.87. The van der Waals surface area contributed by atoms with Crippen LogP contribution in [0, 0.1) is 17.6 Å². The molecule has 1 fully saturated rings. The van der Waals surface area contributed by atoms with Crippen LogP contribution in [-0.4, -0.2) is 56.0 Å². The van der Waals surface area contributed by atoms with E-state index in [2.05, 4.69) is 20.5 Å². The number of benzene rings is 1. The zero-order chi connectivity index (χ0) is 23.3. The minimum absolute atomic E-state index is 0.0132. The van der Waals surface area contributed by atoms with Crippen LogP contribution in [0.1, 0.15) is 10.4 Å². The lowest BCUT2D eigenvalue weighted by atomic mass is 9.99. The maximum Gasteiger partial charge on any atom is 0.251 e. The first-order valence-electron chi connectivity index (χ1n) is 9.70. The van der Waals surface area contributed by atoms with Crippen LogP contribution < -0.4 is 5.32 Å². The van der Waals surface area contributed by atoms with Crippen LogP contribution in [-0.2, 0) is 4.74 Å². The fourth-order valence-electron chi connectivity index (χ4n) is 3.59. The van der Waals surface area contributed by atoms with Crippen LogP contribution >= 0.6 is 11.6 Å². The van der Waals surface area contributed by atoms with Gasteiger partial charge in [-0.3, -0.25) is 14.3 Å². The zero-order valence-corrected chi connectivity index (χ0v) is 17.5. The van der Waals surface area contributed by atoms with Crippen molar-refractivity contribution in [2.75, 3.05) is 19.8 Å². The molecule has 170 valence electrons. The monoisotopic (exact) mass is 477 g/mol. The number of nitrogens with one attached hydrogen (secondary N) is 2. The summed E-state index contributed by atoms with van der Waals surface area (Å²) in [5, 5.41) is 18.8. The van der Waals surface area contributed by atoms with E-state index in [0.29, 0.717) is 6.07 Å². The number of ether oxygens (including phenoxy) is 1. The maximum absolute atomic E-state index is 15.2. The standard InChI is InChI=1S/C21H15ClF3N5O3/c22-18-13(6-27-29-18)12-4-11(23)5-14(24)16(12)17-19(25)30-2-1-10(3-15(30)28-17)20(31)26-7-21(32)8-33-9-21/h1-6,32H,7-9H2,(H,26,31)(H,27,29). The Labute approximate surface area is 189 Å². The molecule has 33 heavy (non-hydrogen) atoms. The van der Waals surface area contributed by atoms with Gasteiger partial charge in [-0.25, -0.2) is 13.8 Å². The first-order chi connectivity index (χ1) is 15.8. The van der Waals surface area contributed by atoms with E-state index in [4.69, 9.17) is 16.3 Å². The highest BCUT2D eigenvalue weighted by atomic mass is 35.5. The van der Waals surface area contributed by atoms with Crippen LogP contribution in [0.2, 0.25) is 5.15 Å². The largest absolute Gasteiger partial charge is 0.383 e. The van der Waals surface area contributed by atoms with Gasteiger partial charge in [0.2, 0.25) is 5.95 Å². The molecule has 0 bridgehead atoms. The van der Waals surface area contributed by atoms with E-state index >= 15 is 4.39 Å². The summed E-state index contributed by atoms with van der Waals surface area (Å²) >= 11 is 6.04. The fraction of sp³-hybridized carbons (Fsp3) is 0.190. The average Bonchev–Trinajstić information content (AvgIpc) is 3.32. The van der Waals surface area contributed by atoms with Gasteiger partial charge in [-0.2, -0.15) is 9.49 Å². The molecule has 5 rings (SSSR count). The predicted octanol–water partition coefficient (Wildman–Crippen LogP) is 2.95. The summed E-state index contributed by atoms with van der Waals surface area (Å²) in [4.78, 5) is 16.6. The van der Waals surface area contributed by atoms with Crippen molar-refractivity contribution in [1.82, 2.24) is 24.9 Å². The quantitative estimate of drug-likeness (QED) is 0.410. The fourth-order valence-corrected chi connectivity index (χ4v) is 3.79. The highest BCUT2D eigenvalue weighted by Gasteiger charge is 2.36. The molecular weight excluding hydrogens is 463 g/mol. The number of pyridine rings is 1. The second-order valence-corrected chi connectivity index (χ2v) is 8.08. The zero-order valence-electron chi connectivity index (χ0n) is 16.7. The molecule has 8 nitrogen and oxygen atoms in total. The summed E-state index contributed by atoms with van der Waals surface area (Å²) in [6.45, 7) is 0.224. The number of carbonyl (C=O) groups excluding carboxylic acids is 1. The summed E-state index contributed by atoms with van der Waals surface area (Å²) in [5.41, 5.74) is -1.51. The van der Waals surface area contributed by atoms with E-state index < -0.39 is 34.8 Å². The van der Waals surface area contributed by atoms with Crippen molar-refractivity contribution < 1.29 is 27.8 Å². The molecule has 3 aromatic heterocycles. The summed E-state index contributed by atoms with van der Waals surface area (Å²) in [6, 6.07) is 4.29. The predicted molar refractivity (Wildman–Crippen MR) is 111 cm³/mol. The molecule has 12 heteroatoms. The molecule has 1 saturated heterocycles. The normalized spacial score (nSPS) is 14.9. The number of aromatic nitrogens is 4. The van der Waals surface area contributed by atoms with Crippen molar-refractivity contribution in [3.8, 4) is 22.4 Å². The Hall–Kier alpha value is -3.41. The van der Waals surface area contributed by atoms with E-state index in [1.807, 2.05) is 0 Å². The number of fused-ring (bicyclic) bond motifs is 1. The van der Waals surface area contributed by atoms with Gasteiger partial charge in [0.05, 0.1) is 26.0 Å². The molecule has 3 N–H and O–H groups in total. The van der Waals surface area contributed by atoms with E-state index in [1.165, 1.54) is 24.5 Å². The molecule has 0 saturated carbocycles. The number of amides is 1. The molecule has 0 spiro atoms. The van der Waals surface area contributed by atoms with Crippen LogP contribution in [0.4, 0.5) is 13.2 Å². The number of H-pyrrole nitrogens is 1. The van der Waals surface area contributed by atoms with Gasteiger partial charge in [-0.15, -0.1) is 0 Å². The van der Waals surface area contributed by atoms with Crippen LogP contribution in [0.25, 0.3) is 28.0 Å². The third-order valence-electron chi connectivity index (χ3n) is 5.32. The average molecular weight is 478 g/mol. The number of halogens is 4. The summed E-state index contributed by atoms with van der Waals surface area (Å²) in [7, 11) is 0. The second-order valence-electron chi connectivity index (χ2n) is 7.70. The van der Waals surface area contributed by atoms with Gasteiger partial charge in [-0.05, 0) is 18.2 Å². The number of rotatable bonds is 5.